The lowest BCUT2D eigenvalue weighted by molar-refractivity contribution is 0.203. The van der Waals surface area contributed by atoms with Gasteiger partial charge >= 0.3 is 0 Å². The van der Waals surface area contributed by atoms with Gasteiger partial charge in [-0.3, -0.25) is 0 Å². The Hall–Kier alpha value is -1.22. The molecule has 18 heavy (non-hydrogen) atoms. The molecule has 0 bridgehead atoms. The van der Waals surface area contributed by atoms with Crippen molar-refractivity contribution >= 4 is 0 Å². The van der Waals surface area contributed by atoms with Crippen LogP contribution in [0.25, 0.3) is 0 Å². The Morgan fingerprint density at radius 1 is 1.06 bits per heavy atom. The molecule has 1 aliphatic rings. The molecule has 0 fully saturated rings. The average molecular weight is 252 g/mol. The smallest absolute Gasteiger partial charge is 0.129 e. The highest BCUT2D eigenvalue weighted by Gasteiger charge is 2.18. The van der Waals surface area contributed by atoms with Crippen LogP contribution < -0.4 is 0 Å². The van der Waals surface area contributed by atoms with Gasteiger partial charge in [0.05, 0.1) is 0 Å². The molecule has 0 saturated carbocycles. The molecular formula is C15H18F2O. The van der Waals surface area contributed by atoms with Gasteiger partial charge in [0.25, 0.3) is 0 Å². The van der Waals surface area contributed by atoms with E-state index in [2.05, 4.69) is 0 Å². The third-order valence-corrected chi connectivity index (χ3v) is 3.43. The Morgan fingerprint density at radius 2 is 1.83 bits per heavy atom. The number of benzene rings is 1. The lowest BCUT2D eigenvalue weighted by Gasteiger charge is -2.18. The Morgan fingerprint density at radius 3 is 2.67 bits per heavy atom. The summed E-state index contributed by atoms with van der Waals surface area (Å²) in [7, 11) is 0. The third kappa shape index (κ3) is 3.16. The fourth-order valence-corrected chi connectivity index (χ4v) is 2.39. The number of hydrogen-bond acceptors (Lipinski definition) is 1. The molecule has 0 saturated heterocycles. The van der Waals surface area contributed by atoms with Crippen LogP contribution in [0.2, 0.25) is 0 Å². The third-order valence-electron chi connectivity index (χ3n) is 3.43. The van der Waals surface area contributed by atoms with Gasteiger partial charge in [-0.05, 0) is 49.5 Å². The van der Waals surface area contributed by atoms with E-state index in [4.69, 9.17) is 0 Å². The normalized spacial score (nSPS) is 21.6. The van der Waals surface area contributed by atoms with Gasteiger partial charge in [-0.15, -0.1) is 0 Å². The number of aliphatic hydroxyl groups is 1. The average Bonchev–Trinajstić information content (AvgIpc) is 2.31. The second-order valence-electron chi connectivity index (χ2n) is 4.80. The lowest BCUT2D eigenvalue weighted by Crippen LogP contribution is -2.06. The lowest BCUT2D eigenvalue weighted by atomic mass is 9.92. The van der Waals surface area contributed by atoms with Crippen LogP contribution in [0.1, 0.15) is 50.2 Å². The summed E-state index contributed by atoms with van der Waals surface area (Å²) >= 11 is 0. The van der Waals surface area contributed by atoms with Crippen molar-refractivity contribution in [3.63, 3.8) is 0 Å². The first-order chi connectivity index (χ1) is 8.68. The number of halogens is 2. The molecule has 0 heterocycles. The quantitative estimate of drug-likeness (QED) is 0.779. The summed E-state index contributed by atoms with van der Waals surface area (Å²) < 4.78 is 26.7. The topological polar surface area (TPSA) is 20.2 Å². The fourth-order valence-electron chi connectivity index (χ4n) is 2.39. The van der Waals surface area contributed by atoms with Crippen LogP contribution in [-0.2, 0) is 0 Å². The Bertz CT molecular complexity index is 440. The maximum Gasteiger partial charge on any atom is 0.129 e. The molecule has 0 amide bonds. The summed E-state index contributed by atoms with van der Waals surface area (Å²) in [4.78, 5) is 0. The highest BCUT2D eigenvalue weighted by Crippen LogP contribution is 2.30. The van der Waals surface area contributed by atoms with Crippen LogP contribution in [0.3, 0.4) is 0 Å². The maximum atomic E-state index is 13.6. The molecule has 2 rings (SSSR count). The summed E-state index contributed by atoms with van der Waals surface area (Å²) in [5.74, 6) is -1.07. The van der Waals surface area contributed by atoms with Crippen LogP contribution in [0.4, 0.5) is 8.78 Å². The Balaban J connectivity index is 2.23. The first-order valence-electron chi connectivity index (χ1n) is 6.50. The fraction of sp³-hybridized carbons (Fsp3) is 0.467. The molecule has 1 aromatic rings. The van der Waals surface area contributed by atoms with Gasteiger partial charge in [-0.25, -0.2) is 8.78 Å². The molecule has 1 nitrogen and oxygen atoms in total. The maximum absolute atomic E-state index is 13.6. The first kappa shape index (κ1) is 13.2. The van der Waals surface area contributed by atoms with Gasteiger partial charge in [0.15, 0.2) is 0 Å². The van der Waals surface area contributed by atoms with Crippen molar-refractivity contribution in [1.82, 2.24) is 0 Å². The highest BCUT2D eigenvalue weighted by atomic mass is 19.1. The number of allylic oxidation sites excluding steroid dienone is 1. The van der Waals surface area contributed by atoms with Crippen LogP contribution >= 0.6 is 0 Å². The highest BCUT2D eigenvalue weighted by molar-refractivity contribution is 5.28. The molecule has 0 radical (unpaired) electrons. The zero-order valence-electron chi connectivity index (χ0n) is 10.3. The summed E-state index contributed by atoms with van der Waals surface area (Å²) in [5, 5.41) is 10.2. The molecule has 1 N–H and O–H groups in total. The minimum Gasteiger partial charge on any atom is -0.384 e. The van der Waals surface area contributed by atoms with Crippen molar-refractivity contribution in [2.24, 2.45) is 0 Å². The molecule has 0 spiro atoms. The van der Waals surface area contributed by atoms with Crippen molar-refractivity contribution in [3.8, 4) is 0 Å². The molecule has 98 valence electrons. The molecular weight excluding hydrogens is 234 g/mol. The predicted octanol–water partition coefficient (Wildman–Crippen LogP) is 4.28. The van der Waals surface area contributed by atoms with Crippen LogP contribution in [-0.4, -0.2) is 5.11 Å². The molecule has 1 aliphatic carbocycles. The minimum atomic E-state index is -1.02. The van der Waals surface area contributed by atoms with E-state index in [1.807, 2.05) is 6.08 Å². The second kappa shape index (κ2) is 6.10. The Kier molecular flexibility index (Phi) is 4.48. The standard InChI is InChI=1S/C15H18F2O/c16-12-8-9-14(17)13(10-12)15(18)11-6-4-2-1-3-5-7-11/h6,8-10,15,18H,1-5,7H2/b11-6+. The van der Waals surface area contributed by atoms with E-state index in [9.17, 15) is 13.9 Å². The second-order valence-corrected chi connectivity index (χ2v) is 4.80. The zero-order valence-corrected chi connectivity index (χ0v) is 10.3. The van der Waals surface area contributed by atoms with E-state index in [1.165, 1.54) is 6.42 Å². The van der Waals surface area contributed by atoms with Gasteiger partial charge in [0.2, 0.25) is 0 Å². The monoisotopic (exact) mass is 252 g/mol. The molecule has 0 aliphatic heterocycles. The summed E-state index contributed by atoms with van der Waals surface area (Å²) in [6, 6.07) is 3.22. The number of aliphatic hydroxyl groups excluding tert-OH is 1. The predicted molar refractivity (Wildman–Crippen MR) is 67.1 cm³/mol. The van der Waals surface area contributed by atoms with E-state index in [0.29, 0.717) is 0 Å². The van der Waals surface area contributed by atoms with Gasteiger partial charge in [0.1, 0.15) is 17.7 Å². The van der Waals surface area contributed by atoms with E-state index in [-0.39, 0.29) is 5.56 Å². The van der Waals surface area contributed by atoms with Crippen LogP contribution in [0, 0.1) is 11.6 Å². The summed E-state index contributed by atoms with van der Waals surface area (Å²) in [6.45, 7) is 0. The SMILES string of the molecule is OC(/C1=C/CCCCCC1)c1cc(F)ccc1F. The number of hydrogen-bond donors (Lipinski definition) is 1. The Labute approximate surface area is 106 Å². The largest absolute Gasteiger partial charge is 0.384 e. The molecule has 3 heteroatoms. The summed E-state index contributed by atoms with van der Waals surface area (Å²) in [5.41, 5.74) is 0.862. The van der Waals surface area contributed by atoms with Gasteiger partial charge in [0, 0.05) is 5.56 Å². The van der Waals surface area contributed by atoms with Crippen molar-refractivity contribution in [1.29, 1.82) is 0 Å². The molecule has 1 unspecified atom stereocenters. The van der Waals surface area contributed by atoms with Gasteiger partial charge in [-0.1, -0.05) is 18.9 Å². The van der Waals surface area contributed by atoms with Gasteiger partial charge < -0.3 is 5.11 Å². The van der Waals surface area contributed by atoms with E-state index in [0.717, 1.165) is 55.9 Å². The molecule has 1 aromatic carbocycles. The summed E-state index contributed by atoms with van der Waals surface area (Å²) in [6.07, 6.45) is 7.07. The van der Waals surface area contributed by atoms with Crippen LogP contribution in [0.15, 0.2) is 29.8 Å². The van der Waals surface area contributed by atoms with E-state index in [1.54, 1.807) is 0 Å². The molecule has 1 atom stereocenters. The van der Waals surface area contributed by atoms with Crippen molar-refractivity contribution in [2.45, 2.75) is 44.6 Å². The van der Waals surface area contributed by atoms with E-state index >= 15 is 0 Å². The van der Waals surface area contributed by atoms with Crippen LogP contribution in [0.5, 0.6) is 0 Å². The first-order valence-corrected chi connectivity index (χ1v) is 6.50. The van der Waals surface area contributed by atoms with E-state index < -0.39 is 17.7 Å². The number of rotatable bonds is 2. The minimum absolute atomic E-state index is 0.0434. The van der Waals surface area contributed by atoms with Crippen molar-refractivity contribution in [3.05, 3.63) is 47.0 Å². The van der Waals surface area contributed by atoms with Crippen molar-refractivity contribution in [2.75, 3.05) is 0 Å². The molecule has 0 aromatic heterocycles. The van der Waals surface area contributed by atoms with Crippen molar-refractivity contribution < 1.29 is 13.9 Å². The zero-order chi connectivity index (χ0) is 13.0. The van der Waals surface area contributed by atoms with Gasteiger partial charge in [-0.2, -0.15) is 0 Å².